The first-order valence-electron chi connectivity index (χ1n) is 18.0. The summed E-state index contributed by atoms with van der Waals surface area (Å²) in [6, 6.07) is 10.4. The van der Waals surface area contributed by atoms with E-state index in [0.29, 0.717) is 43.7 Å². The zero-order valence-electron chi connectivity index (χ0n) is 32.0. The number of carbonyl (C=O) groups excluding carboxylic acids is 1. The maximum atomic E-state index is 12.6. The number of carbonyl (C=O) groups is 1. The third-order valence-electron chi connectivity index (χ3n) is 9.38. The van der Waals surface area contributed by atoms with Crippen LogP contribution in [0.1, 0.15) is 45.6 Å². The number of likely N-dealkylation sites (N-methyl/N-ethyl adjacent to an activating group) is 1. The topological polar surface area (TPSA) is 117 Å². The SMILES string of the molecule is COc1cc2nc(NC[C@@H]3CCN(C(=O)OC(C)(C)C)C3)nc(NC3CCN(Cc4c(OCCN(C)C)cccc4N(C)C)CC3)c2cc1OC. The van der Waals surface area contributed by atoms with Crippen LogP contribution in [0.3, 0.4) is 0 Å². The van der Waals surface area contributed by atoms with E-state index in [4.69, 9.17) is 28.9 Å². The second-order valence-corrected chi connectivity index (χ2v) is 15.1. The molecule has 5 rings (SSSR count). The molecule has 0 radical (unpaired) electrons. The molecule has 2 aromatic carbocycles. The number of anilines is 3. The summed E-state index contributed by atoms with van der Waals surface area (Å²) in [5.41, 5.74) is 2.65. The molecule has 2 saturated heterocycles. The van der Waals surface area contributed by atoms with Crippen molar-refractivity contribution >= 4 is 34.4 Å². The molecule has 1 atom stereocenters. The molecule has 51 heavy (non-hydrogen) atoms. The Morgan fingerprint density at radius 2 is 1.69 bits per heavy atom. The van der Waals surface area contributed by atoms with Gasteiger partial charge in [0.25, 0.3) is 0 Å². The van der Waals surface area contributed by atoms with Gasteiger partial charge in [-0.1, -0.05) is 6.07 Å². The van der Waals surface area contributed by atoms with Gasteiger partial charge in [-0.3, -0.25) is 4.90 Å². The summed E-state index contributed by atoms with van der Waals surface area (Å²) < 4.78 is 23.1. The molecule has 0 aliphatic carbocycles. The molecule has 280 valence electrons. The molecule has 0 bridgehead atoms. The third-order valence-corrected chi connectivity index (χ3v) is 9.38. The van der Waals surface area contributed by atoms with Gasteiger partial charge in [-0.25, -0.2) is 9.78 Å². The fourth-order valence-electron chi connectivity index (χ4n) is 6.63. The number of hydrogen-bond donors (Lipinski definition) is 2. The van der Waals surface area contributed by atoms with Gasteiger partial charge in [-0.15, -0.1) is 0 Å². The van der Waals surface area contributed by atoms with Gasteiger partial charge < -0.3 is 44.3 Å². The van der Waals surface area contributed by atoms with Crippen LogP contribution in [-0.2, 0) is 11.3 Å². The van der Waals surface area contributed by atoms with Crippen molar-refractivity contribution < 1.29 is 23.7 Å². The summed E-state index contributed by atoms with van der Waals surface area (Å²) in [6.45, 7) is 11.8. The molecule has 2 aliphatic rings. The Morgan fingerprint density at radius 1 is 0.961 bits per heavy atom. The summed E-state index contributed by atoms with van der Waals surface area (Å²) in [7, 11) is 11.6. The first-order valence-corrected chi connectivity index (χ1v) is 18.0. The Bertz CT molecular complexity index is 1620. The Morgan fingerprint density at radius 3 is 2.35 bits per heavy atom. The van der Waals surface area contributed by atoms with Gasteiger partial charge in [0.1, 0.15) is 23.8 Å². The number of aromatic nitrogens is 2. The summed E-state index contributed by atoms with van der Waals surface area (Å²) in [5.74, 6) is 3.75. The van der Waals surface area contributed by atoms with Crippen LogP contribution in [0.15, 0.2) is 30.3 Å². The van der Waals surface area contributed by atoms with Crippen LogP contribution in [0.2, 0.25) is 0 Å². The number of fused-ring (bicyclic) bond motifs is 1. The second kappa shape index (κ2) is 16.9. The molecule has 13 heteroatoms. The number of piperidine rings is 1. The Labute approximate surface area is 303 Å². The lowest BCUT2D eigenvalue weighted by atomic mass is 10.0. The molecule has 0 spiro atoms. The van der Waals surface area contributed by atoms with Crippen molar-refractivity contribution in [1.29, 1.82) is 0 Å². The van der Waals surface area contributed by atoms with Crippen molar-refractivity contribution in [2.45, 2.75) is 58.2 Å². The summed E-state index contributed by atoms with van der Waals surface area (Å²) >= 11 is 0. The number of hydrogen-bond acceptors (Lipinski definition) is 12. The van der Waals surface area contributed by atoms with E-state index < -0.39 is 5.60 Å². The highest BCUT2D eigenvalue weighted by atomic mass is 16.6. The molecule has 3 heterocycles. The average Bonchev–Trinajstić information content (AvgIpc) is 3.57. The molecule has 3 aromatic rings. The van der Waals surface area contributed by atoms with Gasteiger partial charge in [0.05, 0.1) is 19.7 Å². The van der Waals surface area contributed by atoms with Gasteiger partial charge in [0, 0.05) is 88.7 Å². The fraction of sp³-hybridized carbons (Fsp3) is 0.605. The highest BCUT2D eigenvalue weighted by molar-refractivity contribution is 5.92. The molecular weight excluding hydrogens is 648 g/mol. The molecule has 2 N–H and O–H groups in total. The van der Waals surface area contributed by atoms with Gasteiger partial charge in [0.15, 0.2) is 11.5 Å². The number of likely N-dealkylation sites (tertiary alicyclic amines) is 2. The van der Waals surface area contributed by atoms with E-state index in [1.165, 1.54) is 11.3 Å². The van der Waals surface area contributed by atoms with Gasteiger partial charge in [-0.05, 0) is 78.2 Å². The van der Waals surface area contributed by atoms with E-state index in [0.717, 1.165) is 67.9 Å². The number of nitrogens with zero attached hydrogens (tertiary/aromatic N) is 6. The molecular formula is C38H58N8O5. The van der Waals surface area contributed by atoms with E-state index in [9.17, 15) is 4.79 Å². The highest BCUT2D eigenvalue weighted by Gasteiger charge is 2.30. The van der Waals surface area contributed by atoms with Crippen molar-refractivity contribution in [3.05, 3.63) is 35.9 Å². The van der Waals surface area contributed by atoms with Gasteiger partial charge >= 0.3 is 6.09 Å². The average molecular weight is 707 g/mol. The quantitative estimate of drug-likeness (QED) is 0.224. The molecule has 0 unspecified atom stereocenters. The number of benzene rings is 2. The van der Waals surface area contributed by atoms with Gasteiger partial charge in [0.2, 0.25) is 5.95 Å². The lowest BCUT2D eigenvalue weighted by Crippen LogP contribution is -2.39. The zero-order valence-corrected chi connectivity index (χ0v) is 32.0. The Kier molecular flexibility index (Phi) is 12.6. The maximum Gasteiger partial charge on any atom is 0.410 e. The number of methoxy groups -OCH3 is 2. The predicted molar refractivity (Wildman–Crippen MR) is 204 cm³/mol. The summed E-state index contributed by atoms with van der Waals surface area (Å²) in [5, 5.41) is 8.10. The van der Waals surface area contributed by atoms with E-state index in [2.05, 4.69) is 71.7 Å². The van der Waals surface area contributed by atoms with Crippen LogP contribution in [0.4, 0.5) is 22.2 Å². The molecule has 13 nitrogen and oxygen atoms in total. The number of rotatable bonds is 14. The normalized spacial score (nSPS) is 17.1. The van der Waals surface area contributed by atoms with Crippen LogP contribution in [0.5, 0.6) is 17.2 Å². The van der Waals surface area contributed by atoms with Crippen molar-refractivity contribution in [2.75, 3.05) is 104 Å². The van der Waals surface area contributed by atoms with Crippen molar-refractivity contribution in [3.63, 3.8) is 0 Å². The lowest BCUT2D eigenvalue weighted by Gasteiger charge is -2.34. The maximum absolute atomic E-state index is 12.6. The number of nitrogens with one attached hydrogen (secondary N) is 2. The van der Waals surface area contributed by atoms with Gasteiger partial charge in [-0.2, -0.15) is 4.98 Å². The minimum Gasteiger partial charge on any atom is -0.493 e. The standard InChI is InChI=1S/C38H58N8O5/c1-38(2,3)51-37(47)46-18-13-26(24-46)23-39-36-41-30-22-34(49-9)33(48-8)21-28(30)35(42-36)40-27-14-16-45(17-15-27)25-29-31(44(6)7)11-10-12-32(29)50-20-19-43(4)5/h10-12,21-22,26-27H,13-20,23-25H2,1-9H3,(H2,39,40,41,42)/t26-/m0/s1. The largest absolute Gasteiger partial charge is 0.493 e. The van der Waals surface area contributed by atoms with Crippen molar-refractivity contribution in [2.24, 2.45) is 5.92 Å². The molecule has 1 amide bonds. The zero-order chi connectivity index (χ0) is 36.7. The van der Waals surface area contributed by atoms with Crippen LogP contribution >= 0.6 is 0 Å². The monoisotopic (exact) mass is 706 g/mol. The van der Waals surface area contributed by atoms with E-state index in [-0.39, 0.29) is 18.1 Å². The molecule has 2 aliphatic heterocycles. The summed E-state index contributed by atoms with van der Waals surface area (Å²) in [4.78, 5) is 31.1. The Balaban J connectivity index is 1.27. The first-order chi connectivity index (χ1) is 24.3. The lowest BCUT2D eigenvalue weighted by molar-refractivity contribution is 0.0289. The number of ether oxygens (including phenoxy) is 4. The van der Waals surface area contributed by atoms with Crippen LogP contribution in [0, 0.1) is 5.92 Å². The van der Waals surface area contributed by atoms with Crippen LogP contribution in [-0.4, -0.2) is 131 Å². The van der Waals surface area contributed by atoms with E-state index in [1.54, 1.807) is 19.1 Å². The Hall–Kier alpha value is -4.23. The molecule has 2 fully saturated rings. The number of amides is 1. The van der Waals surface area contributed by atoms with E-state index >= 15 is 0 Å². The van der Waals surface area contributed by atoms with Crippen molar-refractivity contribution in [1.82, 2.24) is 24.7 Å². The highest BCUT2D eigenvalue weighted by Crippen LogP contribution is 2.36. The minimum absolute atomic E-state index is 0.234. The second-order valence-electron chi connectivity index (χ2n) is 15.1. The molecule has 1 aromatic heterocycles. The van der Waals surface area contributed by atoms with Crippen LogP contribution in [0.25, 0.3) is 10.9 Å². The predicted octanol–water partition coefficient (Wildman–Crippen LogP) is 5.40. The van der Waals surface area contributed by atoms with E-state index in [1.807, 2.05) is 32.9 Å². The molecule has 0 saturated carbocycles. The minimum atomic E-state index is -0.516. The van der Waals surface area contributed by atoms with Crippen molar-refractivity contribution in [3.8, 4) is 17.2 Å². The smallest absolute Gasteiger partial charge is 0.410 e. The summed E-state index contributed by atoms with van der Waals surface area (Å²) in [6.07, 6.45) is 2.55. The third kappa shape index (κ3) is 10.2. The first kappa shape index (κ1) is 38.0. The fourth-order valence-corrected chi connectivity index (χ4v) is 6.63. The van der Waals surface area contributed by atoms with Crippen LogP contribution < -0.4 is 29.7 Å².